The highest BCUT2D eigenvalue weighted by molar-refractivity contribution is 5.97. The predicted molar refractivity (Wildman–Crippen MR) is 60.9 cm³/mol. The van der Waals surface area contributed by atoms with Crippen molar-refractivity contribution in [3.05, 3.63) is 11.9 Å². The number of nitrogens with two attached hydrogens (primary N) is 1. The van der Waals surface area contributed by atoms with Crippen molar-refractivity contribution in [1.29, 1.82) is 0 Å². The number of aryl methyl sites for hydroxylation is 1. The van der Waals surface area contributed by atoms with Crippen molar-refractivity contribution >= 4 is 11.6 Å². The van der Waals surface area contributed by atoms with Crippen molar-refractivity contribution in [2.24, 2.45) is 0 Å². The molecule has 1 aromatic rings. The number of rotatable bonds is 5. The van der Waals surface area contributed by atoms with Crippen LogP contribution < -0.4 is 11.1 Å². The summed E-state index contributed by atoms with van der Waals surface area (Å²) in [5, 5.41) is 15.7. The van der Waals surface area contributed by atoms with Crippen LogP contribution >= 0.6 is 0 Å². The lowest BCUT2D eigenvalue weighted by molar-refractivity contribution is 0.0910. The van der Waals surface area contributed by atoms with Crippen LogP contribution in [0.4, 0.5) is 5.69 Å². The Balaban J connectivity index is 2.75. The van der Waals surface area contributed by atoms with Crippen LogP contribution in [0.2, 0.25) is 0 Å². The molecule has 0 saturated carbocycles. The number of hydrogen-bond donors (Lipinski definition) is 3. The van der Waals surface area contributed by atoms with Crippen molar-refractivity contribution in [3.63, 3.8) is 0 Å². The van der Waals surface area contributed by atoms with E-state index in [0.29, 0.717) is 18.7 Å². The Morgan fingerprint density at radius 2 is 2.38 bits per heavy atom. The van der Waals surface area contributed by atoms with Gasteiger partial charge in [0.15, 0.2) is 5.69 Å². The molecule has 0 aliphatic heterocycles. The number of aromatic nitrogens is 2. The number of aliphatic hydroxyl groups is 1. The first-order chi connectivity index (χ1) is 7.62. The molecule has 1 aromatic heterocycles. The molecule has 0 bridgehead atoms. The zero-order valence-corrected chi connectivity index (χ0v) is 9.60. The average Bonchev–Trinajstić information content (AvgIpc) is 2.67. The van der Waals surface area contributed by atoms with Gasteiger partial charge in [0.05, 0.1) is 18.3 Å². The van der Waals surface area contributed by atoms with Crippen LogP contribution in [0.3, 0.4) is 0 Å². The van der Waals surface area contributed by atoms with E-state index in [4.69, 9.17) is 10.8 Å². The summed E-state index contributed by atoms with van der Waals surface area (Å²) in [6.07, 6.45) is 2.28. The Hall–Kier alpha value is -1.56. The van der Waals surface area contributed by atoms with E-state index in [1.807, 2.05) is 13.8 Å². The number of nitrogens with zero attached hydrogens (tertiary/aromatic N) is 2. The van der Waals surface area contributed by atoms with Gasteiger partial charge in [0.1, 0.15) is 0 Å². The molecule has 0 saturated heterocycles. The molecule has 6 nitrogen and oxygen atoms in total. The van der Waals surface area contributed by atoms with Gasteiger partial charge in [0.25, 0.3) is 5.91 Å². The Bertz CT molecular complexity index is 358. The number of carbonyl (C=O) groups is 1. The molecule has 1 amide bonds. The lowest BCUT2D eigenvalue weighted by Crippen LogP contribution is -2.37. The van der Waals surface area contributed by atoms with Gasteiger partial charge >= 0.3 is 0 Å². The Morgan fingerprint density at radius 1 is 1.69 bits per heavy atom. The van der Waals surface area contributed by atoms with E-state index in [-0.39, 0.29) is 24.2 Å². The third kappa shape index (κ3) is 2.73. The monoisotopic (exact) mass is 226 g/mol. The molecule has 0 aromatic carbocycles. The molecule has 0 radical (unpaired) electrons. The lowest BCUT2D eigenvalue weighted by atomic mass is 10.2. The van der Waals surface area contributed by atoms with E-state index in [0.717, 1.165) is 0 Å². The molecule has 0 fully saturated rings. The Morgan fingerprint density at radius 3 is 2.81 bits per heavy atom. The third-order valence-electron chi connectivity index (χ3n) is 2.38. The highest BCUT2D eigenvalue weighted by atomic mass is 16.3. The Labute approximate surface area is 94.4 Å². The summed E-state index contributed by atoms with van der Waals surface area (Å²) in [6, 6.07) is -0.251. The Kier molecular flexibility index (Phi) is 4.30. The maximum atomic E-state index is 11.7. The van der Waals surface area contributed by atoms with Crippen molar-refractivity contribution in [3.8, 4) is 0 Å². The van der Waals surface area contributed by atoms with Crippen LogP contribution in [0.25, 0.3) is 0 Å². The van der Waals surface area contributed by atoms with Gasteiger partial charge in [0.2, 0.25) is 0 Å². The van der Waals surface area contributed by atoms with Gasteiger partial charge in [-0.15, -0.1) is 0 Å². The molecular formula is C10H18N4O2. The van der Waals surface area contributed by atoms with E-state index in [1.165, 1.54) is 0 Å². The number of nitrogens with one attached hydrogen (secondary N) is 1. The number of carbonyl (C=O) groups excluding carboxylic acids is 1. The third-order valence-corrected chi connectivity index (χ3v) is 2.38. The number of amides is 1. The fraction of sp³-hybridized carbons (Fsp3) is 0.600. The quantitative estimate of drug-likeness (QED) is 0.658. The highest BCUT2D eigenvalue weighted by Crippen LogP contribution is 2.09. The molecule has 0 aliphatic rings. The zero-order valence-electron chi connectivity index (χ0n) is 9.60. The van der Waals surface area contributed by atoms with E-state index < -0.39 is 0 Å². The van der Waals surface area contributed by atoms with Crippen LogP contribution in [-0.2, 0) is 6.54 Å². The highest BCUT2D eigenvalue weighted by Gasteiger charge is 2.17. The van der Waals surface area contributed by atoms with Crippen molar-refractivity contribution in [1.82, 2.24) is 15.1 Å². The van der Waals surface area contributed by atoms with Crippen LogP contribution in [0, 0.1) is 0 Å². The van der Waals surface area contributed by atoms with Gasteiger partial charge in [-0.3, -0.25) is 9.48 Å². The normalized spacial score (nSPS) is 12.4. The summed E-state index contributed by atoms with van der Waals surface area (Å²) in [5.74, 6) is -0.342. The molecule has 0 spiro atoms. The molecule has 4 N–H and O–H groups in total. The number of anilines is 1. The predicted octanol–water partition coefficient (Wildman–Crippen LogP) is -0.0141. The fourth-order valence-corrected chi connectivity index (χ4v) is 1.31. The number of aliphatic hydroxyl groups excluding tert-OH is 1. The van der Waals surface area contributed by atoms with E-state index in [2.05, 4.69) is 10.4 Å². The van der Waals surface area contributed by atoms with Crippen LogP contribution in [0.5, 0.6) is 0 Å². The maximum Gasteiger partial charge on any atom is 0.274 e. The summed E-state index contributed by atoms with van der Waals surface area (Å²) < 4.78 is 1.60. The van der Waals surface area contributed by atoms with Crippen molar-refractivity contribution < 1.29 is 9.90 Å². The van der Waals surface area contributed by atoms with Crippen LogP contribution in [0.1, 0.15) is 30.8 Å². The molecule has 1 rings (SSSR count). The lowest BCUT2D eigenvalue weighted by Gasteiger charge is -2.12. The summed E-state index contributed by atoms with van der Waals surface area (Å²) in [5.41, 5.74) is 6.24. The topological polar surface area (TPSA) is 93.2 Å². The molecule has 6 heteroatoms. The largest absolute Gasteiger partial charge is 0.396 e. The standard InChI is InChI=1S/C10H18N4O2/c1-3-7(6-15)12-10(16)9-8(11)5-14(4-2)13-9/h5,7,15H,3-4,6,11H2,1-2H3,(H,12,16)/t7-/m0/s1. The smallest absolute Gasteiger partial charge is 0.274 e. The molecule has 16 heavy (non-hydrogen) atoms. The van der Waals surface area contributed by atoms with Gasteiger partial charge in [0, 0.05) is 12.7 Å². The van der Waals surface area contributed by atoms with Gasteiger partial charge in [-0.1, -0.05) is 6.92 Å². The second-order valence-corrected chi connectivity index (χ2v) is 3.55. The first kappa shape index (κ1) is 12.5. The summed E-state index contributed by atoms with van der Waals surface area (Å²) in [6.45, 7) is 4.37. The second kappa shape index (κ2) is 5.50. The molecule has 0 aliphatic carbocycles. The molecular weight excluding hydrogens is 208 g/mol. The van der Waals surface area contributed by atoms with Gasteiger partial charge in [-0.25, -0.2) is 0 Å². The average molecular weight is 226 g/mol. The summed E-state index contributed by atoms with van der Waals surface area (Å²) in [4.78, 5) is 11.7. The van der Waals surface area contributed by atoms with E-state index in [9.17, 15) is 4.79 Å². The minimum atomic E-state index is -0.342. The SMILES string of the molecule is CC[C@@H](CO)NC(=O)c1nn(CC)cc1N. The molecule has 90 valence electrons. The van der Waals surface area contributed by atoms with Crippen molar-refractivity contribution in [2.75, 3.05) is 12.3 Å². The number of hydrogen-bond acceptors (Lipinski definition) is 4. The maximum absolute atomic E-state index is 11.7. The van der Waals surface area contributed by atoms with Crippen LogP contribution in [0.15, 0.2) is 6.20 Å². The molecule has 1 heterocycles. The summed E-state index contributed by atoms with van der Waals surface area (Å²) in [7, 11) is 0. The van der Waals surface area contributed by atoms with E-state index >= 15 is 0 Å². The van der Waals surface area contributed by atoms with Crippen LogP contribution in [-0.4, -0.2) is 33.4 Å². The van der Waals surface area contributed by atoms with Gasteiger partial charge < -0.3 is 16.2 Å². The minimum absolute atomic E-state index is 0.0867. The van der Waals surface area contributed by atoms with E-state index in [1.54, 1.807) is 10.9 Å². The zero-order chi connectivity index (χ0) is 12.1. The van der Waals surface area contributed by atoms with Gasteiger partial charge in [-0.05, 0) is 13.3 Å². The second-order valence-electron chi connectivity index (χ2n) is 3.55. The minimum Gasteiger partial charge on any atom is -0.396 e. The fourth-order valence-electron chi connectivity index (χ4n) is 1.31. The molecule has 1 atom stereocenters. The number of nitrogen functional groups attached to an aromatic ring is 1. The van der Waals surface area contributed by atoms with Gasteiger partial charge in [-0.2, -0.15) is 5.10 Å². The van der Waals surface area contributed by atoms with Crippen molar-refractivity contribution in [2.45, 2.75) is 32.9 Å². The summed E-state index contributed by atoms with van der Waals surface area (Å²) >= 11 is 0. The molecule has 0 unspecified atom stereocenters. The first-order valence-corrected chi connectivity index (χ1v) is 5.37. The first-order valence-electron chi connectivity index (χ1n) is 5.37.